The molecule has 1 atom stereocenters. The third kappa shape index (κ3) is 3.15. The molecule has 0 aliphatic carbocycles. The molecule has 98 valence electrons. The Kier molecular flexibility index (Phi) is 4.07. The van der Waals surface area contributed by atoms with Gasteiger partial charge in [0.1, 0.15) is 11.9 Å². The summed E-state index contributed by atoms with van der Waals surface area (Å²) in [7, 11) is 0. The highest BCUT2D eigenvalue weighted by Gasteiger charge is 2.21. The Balaban J connectivity index is 1.94. The van der Waals surface area contributed by atoms with Crippen molar-refractivity contribution in [3.63, 3.8) is 0 Å². The van der Waals surface area contributed by atoms with Crippen LogP contribution in [0.15, 0.2) is 24.3 Å². The third-order valence-corrected chi connectivity index (χ3v) is 3.08. The van der Waals surface area contributed by atoms with Crippen LogP contribution in [0.5, 0.6) is 5.75 Å². The molecule has 4 nitrogen and oxygen atoms in total. The molecule has 1 heterocycles. The summed E-state index contributed by atoms with van der Waals surface area (Å²) in [5.74, 6) is 0.209. The second-order valence-corrected chi connectivity index (χ2v) is 4.69. The third-order valence-electron chi connectivity index (χ3n) is 3.08. The normalized spacial score (nSPS) is 18.1. The van der Waals surface area contributed by atoms with Crippen LogP contribution in [0.4, 0.5) is 5.69 Å². The Labute approximate surface area is 107 Å². The first-order valence-corrected chi connectivity index (χ1v) is 6.39. The van der Waals surface area contributed by atoms with E-state index in [2.05, 4.69) is 17.9 Å². The fourth-order valence-corrected chi connectivity index (χ4v) is 2.27. The average Bonchev–Trinajstić information content (AvgIpc) is 2.34. The molecule has 0 spiro atoms. The number of benzene rings is 1. The Hall–Kier alpha value is -1.71. The van der Waals surface area contributed by atoms with Crippen molar-refractivity contribution in [2.24, 2.45) is 0 Å². The minimum Gasteiger partial charge on any atom is -0.487 e. The fraction of sp³-hybridized carbons (Fsp3) is 0.500. The molecule has 0 fully saturated rings. The number of anilines is 1. The molecule has 1 N–H and O–H groups in total. The van der Waals surface area contributed by atoms with Crippen molar-refractivity contribution in [3.8, 4) is 5.75 Å². The van der Waals surface area contributed by atoms with Crippen molar-refractivity contribution in [1.82, 2.24) is 0 Å². The zero-order valence-corrected chi connectivity index (χ0v) is 10.6. The molecular weight excluding hydrogens is 230 g/mol. The van der Waals surface area contributed by atoms with Gasteiger partial charge in [0, 0.05) is 13.0 Å². The van der Waals surface area contributed by atoms with E-state index < -0.39 is 5.97 Å². The maximum absolute atomic E-state index is 10.5. The molecule has 1 aliphatic rings. The van der Waals surface area contributed by atoms with Gasteiger partial charge in [-0.05, 0) is 31.9 Å². The van der Waals surface area contributed by atoms with Crippen molar-refractivity contribution in [2.45, 2.75) is 32.3 Å². The molecule has 0 aromatic heterocycles. The first-order valence-electron chi connectivity index (χ1n) is 6.39. The van der Waals surface area contributed by atoms with Crippen LogP contribution in [-0.2, 0) is 4.79 Å². The standard InChI is InChI=1S/C14H19NO3/c1-11-10-15(9-5-4-8-14(16)17)12-6-2-3-7-13(12)18-11/h2-3,6-7,11H,4-5,8-10H2,1H3,(H,16,17). The number of unbranched alkanes of at least 4 members (excludes halogenated alkanes) is 1. The fourth-order valence-electron chi connectivity index (χ4n) is 2.27. The smallest absolute Gasteiger partial charge is 0.303 e. The van der Waals surface area contributed by atoms with Crippen molar-refractivity contribution in [3.05, 3.63) is 24.3 Å². The Morgan fingerprint density at radius 3 is 3.00 bits per heavy atom. The van der Waals surface area contributed by atoms with E-state index in [0.29, 0.717) is 0 Å². The highest BCUT2D eigenvalue weighted by molar-refractivity contribution is 5.66. The highest BCUT2D eigenvalue weighted by Crippen LogP contribution is 2.32. The summed E-state index contributed by atoms with van der Waals surface area (Å²) in [6, 6.07) is 8.01. The minimum absolute atomic E-state index is 0.180. The number of carboxylic acid groups (broad SMARTS) is 1. The number of aliphatic carboxylic acids is 1. The van der Waals surface area contributed by atoms with Gasteiger partial charge in [-0.25, -0.2) is 0 Å². The van der Waals surface area contributed by atoms with Crippen LogP contribution in [0.1, 0.15) is 26.2 Å². The van der Waals surface area contributed by atoms with Gasteiger partial charge in [0.15, 0.2) is 0 Å². The van der Waals surface area contributed by atoms with Crippen molar-refractivity contribution in [1.29, 1.82) is 0 Å². The van der Waals surface area contributed by atoms with E-state index in [0.717, 1.165) is 37.4 Å². The molecule has 18 heavy (non-hydrogen) atoms. The van der Waals surface area contributed by atoms with Gasteiger partial charge in [-0.1, -0.05) is 12.1 Å². The summed E-state index contributed by atoms with van der Waals surface area (Å²) < 4.78 is 5.77. The summed E-state index contributed by atoms with van der Waals surface area (Å²) in [6.45, 7) is 3.81. The maximum Gasteiger partial charge on any atom is 0.303 e. The second kappa shape index (κ2) is 5.76. The minimum atomic E-state index is -0.717. The molecule has 0 saturated heterocycles. The SMILES string of the molecule is CC1CN(CCCCC(=O)O)c2ccccc2O1. The highest BCUT2D eigenvalue weighted by atomic mass is 16.5. The molecule has 0 bridgehead atoms. The van der Waals surface area contributed by atoms with Crippen LogP contribution in [0.25, 0.3) is 0 Å². The number of hydrogen-bond donors (Lipinski definition) is 1. The second-order valence-electron chi connectivity index (χ2n) is 4.69. The summed E-state index contributed by atoms with van der Waals surface area (Å²) in [5, 5.41) is 8.62. The van der Waals surface area contributed by atoms with Gasteiger partial charge >= 0.3 is 5.97 Å². The van der Waals surface area contributed by atoms with E-state index in [-0.39, 0.29) is 12.5 Å². The van der Waals surface area contributed by atoms with Crippen molar-refractivity contribution < 1.29 is 14.6 Å². The molecule has 1 aromatic rings. The number of ether oxygens (including phenoxy) is 1. The monoisotopic (exact) mass is 249 g/mol. The van der Waals surface area contributed by atoms with Gasteiger partial charge in [0.2, 0.25) is 0 Å². The van der Waals surface area contributed by atoms with E-state index in [1.807, 2.05) is 18.2 Å². The Morgan fingerprint density at radius 1 is 1.44 bits per heavy atom. The Morgan fingerprint density at radius 2 is 2.22 bits per heavy atom. The van der Waals surface area contributed by atoms with Crippen molar-refractivity contribution in [2.75, 3.05) is 18.0 Å². The number of nitrogens with zero attached hydrogens (tertiary/aromatic N) is 1. The average molecular weight is 249 g/mol. The molecule has 1 aromatic carbocycles. The number of hydrogen-bond acceptors (Lipinski definition) is 3. The topological polar surface area (TPSA) is 49.8 Å². The zero-order chi connectivity index (χ0) is 13.0. The number of carbonyl (C=O) groups is 1. The van der Waals surface area contributed by atoms with E-state index in [4.69, 9.17) is 9.84 Å². The van der Waals surface area contributed by atoms with Gasteiger partial charge in [-0.2, -0.15) is 0 Å². The number of rotatable bonds is 5. The van der Waals surface area contributed by atoms with E-state index in [1.165, 1.54) is 0 Å². The van der Waals surface area contributed by atoms with E-state index in [1.54, 1.807) is 0 Å². The zero-order valence-electron chi connectivity index (χ0n) is 10.6. The largest absolute Gasteiger partial charge is 0.487 e. The lowest BCUT2D eigenvalue weighted by atomic mass is 10.1. The summed E-state index contributed by atoms with van der Waals surface area (Å²) >= 11 is 0. The van der Waals surface area contributed by atoms with Gasteiger partial charge in [0.25, 0.3) is 0 Å². The van der Waals surface area contributed by atoms with E-state index >= 15 is 0 Å². The molecule has 0 amide bonds. The molecule has 0 saturated carbocycles. The van der Waals surface area contributed by atoms with Gasteiger partial charge < -0.3 is 14.7 Å². The lowest BCUT2D eigenvalue weighted by molar-refractivity contribution is -0.137. The van der Waals surface area contributed by atoms with Crippen LogP contribution in [0.2, 0.25) is 0 Å². The molecular formula is C14H19NO3. The number of para-hydroxylation sites is 2. The first kappa shape index (κ1) is 12.7. The van der Waals surface area contributed by atoms with Crippen LogP contribution in [0, 0.1) is 0 Å². The lowest BCUT2D eigenvalue weighted by Gasteiger charge is -2.35. The van der Waals surface area contributed by atoms with E-state index in [9.17, 15) is 4.79 Å². The van der Waals surface area contributed by atoms with Crippen LogP contribution < -0.4 is 9.64 Å². The number of fused-ring (bicyclic) bond motifs is 1. The predicted molar refractivity (Wildman–Crippen MR) is 70.2 cm³/mol. The summed E-state index contributed by atoms with van der Waals surface area (Å²) in [6.07, 6.45) is 2.05. The summed E-state index contributed by atoms with van der Waals surface area (Å²) in [4.78, 5) is 12.8. The molecule has 1 aliphatic heterocycles. The van der Waals surface area contributed by atoms with Crippen molar-refractivity contribution >= 4 is 11.7 Å². The lowest BCUT2D eigenvalue weighted by Crippen LogP contribution is -2.38. The van der Waals surface area contributed by atoms with Crippen LogP contribution >= 0.6 is 0 Å². The van der Waals surface area contributed by atoms with Crippen LogP contribution in [0.3, 0.4) is 0 Å². The maximum atomic E-state index is 10.5. The van der Waals surface area contributed by atoms with Crippen LogP contribution in [-0.4, -0.2) is 30.3 Å². The first-order chi connectivity index (χ1) is 8.66. The predicted octanol–water partition coefficient (Wildman–Crippen LogP) is 2.53. The molecule has 0 radical (unpaired) electrons. The molecule has 2 rings (SSSR count). The van der Waals surface area contributed by atoms with Gasteiger partial charge in [0.05, 0.1) is 12.2 Å². The summed E-state index contributed by atoms with van der Waals surface area (Å²) in [5.41, 5.74) is 1.12. The number of carboxylic acids is 1. The van der Waals surface area contributed by atoms with Gasteiger partial charge in [-0.3, -0.25) is 4.79 Å². The molecule has 4 heteroatoms. The Bertz CT molecular complexity index is 419. The molecule has 1 unspecified atom stereocenters. The quantitative estimate of drug-likeness (QED) is 0.815. The van der Waals surface area contributed by atoms with Gasteiger partial charge in [-0.15, -0.1) is 0 Å².